The lowest BCUT2D eigenvalue weighted by atomic mass is 10.3. The van der Waals surface area contributed by atoms with E-state index in [1.807, 2.05) is 6.08 Å². The highest BCUT2D eigenvalue weighted by Gasteiger charge is 2.62. The van der Waals surface area contributed by atoms with Crippen LogP contribution in [0.5, 0.6) is 0 Å². The lowest BCUT2D eigenvalue weighted by Gasteiger charge is -2.49. The van der Waals surface area contributed by atoms with E-state index in [0.717, 1.165) is 46.7 Å². The number of hydrogen-bond acceptors (Lipinski definition) is 3. The van der Waals surface area contributed by atoms with Gasteiger partial charge in [-0.1, -0.05) is 279 Å². The molecule has 318 valence electrons. The summed E-state index contributed by atoms with van der Waals surface area (Å²) in [6, 6.07) is 98.0. The fraction of sp³-hybridized carbons (Fsp3) is 0.0345. The van der Waals surface area contributed by atoms with Crippen LogP contribution in [0.4, 0.5) is 0 Å². The van der Waals surface area contributed by atoms with E-state index >= 15 is 0 Å². The van der Waals surface area contributed by atoms with Crippen LogP contribution in [0.1, 0.15) is 6.42 Å². The van der Waals surface area contributed by atoms with Gasteiger partial charge in [0.15, 0.2) is 0 Å². The number of benzene rings is 9. The zero-order chi connectivity index (χ0) is 44.3. The minimum Gasteiger partial charge on any atom is -0.404 e. The second-order valence-electron chi connectivity index (χ2n) is 16.2. The summed E-state index contributed by atoms with van der Waals surface area (Å²) in [5.41, 5.74) is 0. The normalized spacial score (nSPS) is 12.1. The molecule has 0 N–H and O–H groups in total. The molecule has 65 heavy (non-hydrogen) atoms. The van der Waals surface area contributed by atoms with E-state index < -0.39 is 33.8 Å². The Balaban J connectivity index is 1.46. The lowest BCUT2D eigenvalue weighted by molar-refractivity contribution is 0.265. The van der Waals surface area contributed by atoms with E-state index in [2.05, 4.69) is 280 Å². The van der Waals surface area contributed by atoms with Gasteiger partial charge in [0.2, 0.25) is 0 Å². The molecule has 0 unspecified atom stereocenters. The predicted octanol–water partition coefficient (Wildman–Crippen LogP) is 7.55. The molecular formula is C58H52O3Si4. The molecule has 9 rings (SSSR count). The van der Waals surface area contributed by atoms with Gasteiger partial charge >= 0.3 is 8.80 Å². The highest BCUT2D eigenvalue weighted by molar-refractivity contribution is 7.16. The Morgan fingerprint density at radius 1 is 0.262 bits per heavy atom. The molecule has 0 fully saturated rings. The Morgan fingerprint density at radius 2 is 0.415 bits per heavy atom. The van der Waals surface area contributed by atoms with Gasteiger partial charge in [-0.05, 0) is 53.1 Å². The van der Waals surface area contributed by atoms with Crippen molar-refractivity contribution in [3.8, 4) is 0 Å². The maximum Gasteiger partial charge on any atom is 0.471 e. The Morgan fingerprint density at radius 3 is 0.554 bits per heavy atom. The summed E-state index contributed by atoms with van der Waals surface area (Å²) in [6.07, 6.45) is 2.60. The van der Waals surface area contributed by atoms with Crippen molar-refractivity contribution in [3.05, 3.63) is 286 Å². The molecular weight excluding hydrogens is 857 g/mol. The van der Waals surface area contributed by atoms with Gasteiger partial charge < -0.3 is 12.3 Å². The molecule has 0 atom stereocenters. The van der Waals surface area contributed by atoms with Gasteiger partial charge in [0.05, 0.1) is 0 Å². The van der Waals surface area contributed by atoms with Crippen molar-refractivity contribution >= 4 is 80.4 Å². The van der Waals surface area contributed by atoms with E-state index in [-0.39, 0.29) is 0 Å². The van der Waals surface area contributed by atoms with E-state index in [9.17, 15) is 0 Å². The van der Waals surface area contributed by atoms with Crippen LogP contribution in [-0.4, -0.2) is 33.8 Å². The molecule has 0 heterocycles. The Kier molecular flexibility index (Phi) is 13.5. The van der Waals surface area contributed by atoms with Crippen LogP contribution in [0, 0.1) is 0 Å². The van der Waals surface area contributed by atoms with Crippen LogP contribution in [0.3, 0.4) is 0 Å². The minimum atomic E-state index is -4.25. The van der Waals surface area contributed by atoms with E-state index in [1.165, 1.54) is 0 Å². The second-order valence-corrected chi connectivity index (χ2v) is 29.8. The van der Waals surface area contributed by atoms with Gasteiger partial charge in [0, 0.05) is 6.04 Å². The average molecular weight is 909 g/mol. The SMILES string of the molecule is C=CCC[Si](O[Si](c1ccccc1)(c1ccccc1)c1ccccc1)(O[Si](c1ccccc1)(c1ccccc1)c1ccccc1)O[Si](c1ccccc1)(c1ccccc1)c1ccccc1. The van der Waals surface area contributed by atoms with Crippen LogP contribution in [0.2, 0.25) is 6.04 Å². The molecule has 7 heteroatoms. The highest BCUT2D eigenvalue weighted by atomic mass is 28.5. The topological polar surface area (TPSA) is 27.7 Å². The van der Waals surface area contributed by atoms with Crippen molar-refractivity contribution in [1.29, 1.82) is 0 Å². The summed E-state index contributed by atoms with van der Waals surface area (Å²) in [6.45, 7) is 4.37. The molecule has 9 aromatic carbocycles. The van der Waals surface area contributed by atoms with Crippen molar-refractivity contribution < 1.29 is 12.3 Å². The van der Waals surface area contributed by atoms with E-state index in [4.69, 9.17) is 12.3 Å². The molecule has 0 spiro atoms. The first-order valence-electron chi connectivity index (χ1n) is 22.3. The smallest absolute Gasteiger partial charge is 0.404 e. The third kappa shape index (κ3) is 8.71. The van der Waals surface area contributed by atoms with Crippen molar-refractivity contribution in [1.82, 2.24) is 0 Å². The monoisotopic (exact) mass is 908 g/mol. The zero-order valence-electron chi connectivity index (χ0n) is 36.4. The highest BCUT2D eigenvalue weighted by Crippen LogP contribution is 2.32. The summed E-state index contributed by atoms with van der Waals surface area (Å²) in [5.74, 6) is 0. The second kappa shape index (κ2) is 20.1. The first-order chi connectivity index (χ1) is 32.1. The first-order valence-corrected chi connectivity index (χ1v) is 30.0. The maximum absolute atomic E-state index is 8.78. The fourth-order valence-electron chi connectivity index (χ4n) is 9.28. The van der Waals surface area contributed by atoms with Crippen LogP contribution in [0.25, 0.3) is 0 Å². The van der Waals surface area contributed by atoms with E-state index in [1.54, 1.807) is 0 Å². The molecule has 0 amide bonds. The molecule has 0 saturated carbocycles. The zero-order valence-corrected chi connectivity index (χ0v) is 40.4. The summed E-state index contributed by atoms with van der Waals surface area (Å²) in [4.78, 5) is 0. The Hall–Kier alpha value is -6.53. The van der Waals surface area contributed by atoms with Gasteiger partial charge in [-0.3, -0.25) is 0 Å². The molecule has 0 aliphatic heterocycles. The molecule has 0 radical (unpaired) electrons. The van der Waals surface area contributed by atoms with Crippen LogP contribution < -0.4 is 46.7 Å². The van der Waals surface area contributed by atoms with Gasteiger partial charge in [-0.2, -0.15) is 0 Å². The Bertz CT molecular complexity index is 2240. The van der Waals surface area contributed by atoms with Gasteiger partial charge in [0.25, 0.3) is 25.0 Å². The number of hydrogen-bond donors (Lipinski definition) is 0. The van der Waals surface area contributed by atoms with Crippen LogP contribution in [0.15, 0.2) is 286 Å². The quantitative estimate of drug-likeness (QED) is 0.0506. The fourth-order valence-corrected chi connectivity index (χ4v) is 31.5. The van der Waals surface area contributed by atoms with Crippen molar-refractivity contribution in [3.63, 3.8) is 0 Å². The molecule has 0 aliphatic rings. The largest absolute Gasteiger partial charge is 0.471 e. The van der Waals surface area contributed by atoms with Crippen LogP contribution >= 0.6 is 0 Å². The summed E-state index contributed by atoms with van der Waals surface area (Å²) in [5, 5.41) is 9.98. The summed E-state index contributed by atoms with van der Waals surface area (Å²) < 4.78 is 26.3. The van der Waals surface area contributed by atoms with Gasteiger partial charge in [-0.25, -0.2) is 0 Å². The van der Waals surface area contributed by atoms with Crippen molar-refractivity contribution in [2.24, 2.45) is 0 Å². The maximum atomic E-state index is 8.78. The van der Waals surface area contributed by atoms with Gasteiger partial charge in [-0.15, -0.1) is 6.58 Å². The van der Waals surface area contributed by atoms with Crippen molar-refractivity contribution in [2.45, 2.75) is 12.5 Å². The third-order valence-electron chi connectivity index (χ3n) is 12.2. The van der Waals surface area contributed by atoms with Crippen LogP contribution in [-0.2, 0) is 12.3 Å². The molecule has 0 saturated heterocycles. The van der Waals surface area contributed by atoms with E-state index in [0.29, 0.717) is 12.5 Å². The standard InChI is InChI=1S/C58H52O3Si4/c1-2-3-49-62(59-63(50-31-13-4-14-32-50,51-33-15-5-16-34-51)52-35-17-6-18-36-52,60-64(53-37-19-7-20-38-53,54-39-21-8-22-40-54)55-41-23-9-24-42-55)61-65(56-43-25-10-26-44-56,57-45-27-11-28-46-57)58-47-29-12-30-48-58/h2,4-48H,1,3,49H2. The lowest BCUT2D eigenvalue weighted by Crippen LogP contribution is -2.82. The van der Waals surface area contributed by atoms with Crippen molar-refractivity contribution in [2.75, 3.05) is 0 Å². The third-order valence-corrected chi connectivity index (χ3v) is 30.8. The molecule has 0 aromatic heterocycles. The molecule has 0 bridgehead atoms. The predicted molar refractivity (Wildman–Crippen MR) is 281 cm³/mol. The first kappa shape index (κ1) is 43.7. The summed E-state index contributed by atoms with van der Waals surface area (Å²) in [7, 11) is -15.0. The Labute approximate surface area is 388 Å². The number of rotatable bonds is 18. The minimum absolute atomic E-state index is 0.472. The molecule has 9 aromatic rings. The van der Waals surface area contributed by atoms with Gasteiger partial charge in [0.1, 0.15) is 0 Å². The average Bonchev–Trinajstić information content (AvgIpc) is 3.40. The molecule has 3 nitrogen and oxygen atoms in total. The molecule has 0 aliphatic carbocycles. The number of allylic oxidation sites excluding steroid dienone is 1. The summed E-state index contributed by atoms with van der Waals surface area (Å²) >= 11 is 0.